The third-order valence-corrected chi connectivity index (χ3v) is 8.41. The SMILES string of the molecule is CC1=C[C@H](O)CC(C)(C)[C@H]1/C=C/C(C)=C/C=C/C(C)=C/C=C/C=C(C)/C=C/C=C(/C=C/C1=C(C)C[C@@H](O)CC1(C)C)CO. The molecule has 0 aliphatic heterocycles. The van der Waals surface area contributed by atoms with E-state index in [0.717, 1.165) is 29.6 Å². The van der Waals surface area contributed by atoms with E-state index in [9.17, 15) is 15.3 Å². The topological polar surface area (TPSA) is 60.7 Å². The first kappa shape index (κ1) is 36.2. The number of rotatable bonds is 11. The van der Waals surface area contributed by atoms with E-state index in [-0.39, 0.29) is 29.6 Å². The van der Waals surface area contributed by atoms with Crippen LogP contribution in [0.2, 0.25) is 0 Å². The van der Waals surface area contributed by atoms with Gasteiger partial charge in [-0.1, -0.05) is 147 Å². The van der Waals surface area contributed by atoms with Crippen molar-refractivity contribution < 1.29 is 15.3 Å². The molecule has 0 aromatic heterocycles. The van der Waals surface area contributed by atoms with Crippen LogP contribution in [0.3, 0.4) is 0 Å². The van der Waals surface area contributed by atoms with Crippen molar-refractivity contribution in [2.75, 3.05) is 6.61 Å². The van der Waals surface area contributed by atoms with Gasteiger partial charge in [-0.05, 0) is 75.9 Å². The highest BCUT2D eigenvalue weighted by molar-refractivity contribution is 5.39. The third kappa shape index (κ3) is 12.3. The van der Waals surface area contributed by atoms with Crippen molar-refractivity contribution in [3.05, 3.63) is 130 Å². The Morgan fingerprint density at radius 3 is 1.91 bits per heavy atom. The Balaban J connectivity index is 1.93. The van der Waals surface area contributed by atoms with Crippen molar-refractivity contribution in [3.63, 3.8) is 0 Å². The molecule has 2 rings (SSSR count). The Morgan fingerprint density at radius 2 is 1.35 bits per heavy atom. The van der Waals surface area contributed by atoms with E-state index in [4.69, 9.17) is 0 Å². The molecule has 0 saturated heterocycles. The molecule has 0 saturated carbocycles. The minimum atomic E-state index is -0.339. The highest BCUT2D eigenvalue weighted by Gasteiger charge is 2.34. The molecule has 3 nitrogen and oxygen atoms in total. The van der Waals surface area contributed by atoms with Crippen LogP contribution in [0, 0.1) is 16.7 Å². The summed E-state index contributed by atoms with van der Waals surface area (Å²) >= 11 is 0. The molecule has 0 spiro atoms. The van der Waals surface area contributed by atoms with Gasteiger partial charge in [-0.15, -0.1) is 0 Å². The number of allylic oxidation sites excluding steroid dienone is 18. The largest absolute Gasteiger partial charge is 0.393 e. The quantitative estimate of drug-likeness (QED) is 0.167. The molecule has 0 fully saturated rings. The number of hydrogen-bond donors (Lipinski definition) is 3. The van der Waals surface area contributed by atoms with E-state index in [1.165, 1.54) is 22.3 Å². The summed E-state index contributed by atoms with van der Waals surface area (Å²) in [4.78, 5) is 0. The third-order valence-electron chi connectivity index (χ3n) is 8.41. The van der Waals surface area contributed by atoms with E-state index < -0.39 is 0 Å². The van der Waals surface area contributed by atoms with Crippen molar-refractivity contribution in [3.8, 4) is 0 Å². The molecule has 0 unspecified atom stereocenters. The maximum atomic E-state index is 10.1. The summed E-state index contributed by atoms with van der Waals surface area (Å²) in [5, 5.41) is 30.0. The monoisotopic (exact) mass is 584 g/mol. The summed E-state index contributed by atoms with van der Waals surface area (Å²) in [7, 11) is 0. The van der Waals surface area contributed by atoms with Crippen molar-refractivity contribution in [2.24, 2.45) is 16.7 Å². The van der Waals surface area contributed by atoms with Gasteiger partial charge in [-0.2, -0.15) is 0 Å². The van der Waals surface area contributed by atoms with Gasteiger partial charge in [0.2, 0.25) is 0 Å². The Bertz CT molecular complexity index is 1290. The average Bonchev–Trinajstić information content (AvgIpc) is 2.87. The predicted molar refractivity (Wildman–Crippen MR) is 186 cm³/mol. The molecular weight excluding hydrogens is 528 g/mol. The molecule has 2 aliphatic carbocycles. The number of hydrogen-bond acceptors (Lipinski definition) is 3. The van der Waals surface area contributed by atoms with Gasteiger partial charge in [0.15, 0.2) is 0 Å². The van der Waals surface area contributed by atoms with Gasteiger partial charge >= 0.3 is 0 Å². The first-order valence-corrected chi connectivity index (χ1v) is 15.6. The van der Waals surface area contributed by atoms with Gasteiger partial charge in [0, 0.05) is 5.92 Å². The summed E-state index contributed by atoms with van der Waals surface area (Å²) in [6, 6.07) is 0. The summed E-state index contributed by atoms with van der Waals surface area (Å²) < 4.78 is 0. The first-order chi connectivity index (χ1) is 20.1. The Morgan fingerprint density at radius 1 is 0.791 bits per heavy atom. The van der Waals surface area contributed by atoms with Gasteiger partial charge in [-0.25, -0.2) is 0 Å². The average molecular weight is 585 g/mol. The normalized spacial score (nSPS) is 26.2. The number of aliphatic hydroxyl groups excluding tert-OH is 3. The number of aliphatic hydroxyl groups is 3. The van der Waals surface area contributed by atoms with Crippen molar-refractivity contribution in [1.29, 1.82) is 0 Å². The molecule has 3 N–H and O–H groups in total. The Hall–Kier alpha value is -2.98. The van der Waals surface area contributed by atoms with E-state index >= 15 is 0 Å². The zero-order valence-corrected chi connectivity index (χ0v) is 28.1. The maximum Gasteiger partial charge on any atom is 0.0729 e. The second-order valence-corrected chi connectivity index (χ2v) is 13.7. The fourth-order valence-electron chi connectivity index (χ4n) is 6.20. The fraction of sp³-hybridized carbons (Fsp3) is 0.450. The summed E-state index contributed by atoms with van der Waals surface area (Å²) in [6.07, 6.45) is 32.6. The Labute approximate surface area is 262 Å². The van der Waals surface area contributed by atoms with Crippen molar-refractivity contribution in [2.45, 2.75) is 93.8 Å². The summed E-state index contributed by atoms with van der Waals surface area (Å²) in [6.45, 7) is 19.2. The van der Waals surface area contributed by atoms with Crippen LogP contribution in [0.25, 0.3) is 0 Å². The molecule has 0 amide bonds. The van der Waals surface area contributed by atoms with Crippen LogP contribution in [0.5, 0.6) is 0 Å². The lowest BCUT2D eigenvalue weighted by Gasteiger charge is -2.38. The predicted octanol–water partition coefficient (Wildman–Crippen LogP) is 9.38. The molecule has 0 bridgehead atoms. The van der Waals surface area contributed by atoms with Crippen molar-refractivity contribution >= 4 is 0 Å². The molecular formula is C40H56O3. The minimum Gasteiger partial charge on any atom is -0.393 e. The fourth-order valence-corrected chi connectivity index (χ4v) is 6.20. The molecule has 2 aliphatic rings. The van der Waals surface area contributed by atoms with Crippen LogP contribution in [0.1, 0.15) is 81.6 Å². The zero-order chi connectivity index (χ0) is 32.2. The van der Waals surface area contributed by atoms with E-state index in [1.54, 1.807) is 0 Å². The second kappa shape index (κ2) is 16.8. The van der Waals surface area contributed by atoms with Crippen LogP contribution in [-0.4, -0.2) is 34.1 Å². The lowest BCUT2D eigenvalue weighted by Crippen LogP contribution is -2.32. The van der Waals surface area contributed by atoms with Gasteiger partial charge in [0.25, 0.3) is 0 Å². The van der Waals surface area contributed by atoms with Crippen molar-refractivity contribution in [1.82, 2.24) is 0 Å². The van der Waals surface area contributed by atoms with Crippen LogP contribution >= 0.6 is 0 Å². The molecule has 234 valence electrons. The highest BCUT2D eigenvalue weighted by atomic mass is 16.3. The minimum absolute atomic E-state index is 0.0256. The van der Waals surface area contributed by atoms with Gasteiger partial charge in [-0.3, -0.25) is 0 Å². The standard InChI is InChI=1S/C40H56O3/c1-29(16-12-17-31(3)20-22-37-32(4)24-35(42)26-39(37,6)7)14-10-11-15-30(2)18-13-19-34(28-41)21-23-38-33(5)25-36(43)27-40(38,8)9/h10-24,35-37,41-43H,25-28H2,1-9H3/b11-10+,16-12+,18-13+,22-20+,23-21+,29-14+,30-15+,31-17+,34-19-/t35-,36+,37-/m0/s1. The van der Waals surface area contributed by atoms with Crippen LogP contribution in [0.4, 0.5) is 0 Å². The molecule has 0 aromatic rings. The highest BCUT2D eigenvalue weighted by Crippen LogP contribution is 2.42. The molecule has 0 heterocycles. The van der Waals surface area contributed by atoms with Gasteiger partial charge in [0.1, 0.15) is 0 Å². The van der Waals surface area contributed by atoms with E-state index in [2.05, 4.69) is 111 Å². The molecule has 3 heteroatoms. The van der Waals surface area contributed by atoms with Crippen LogP contribution in [-0.2, 0) is 0 Å². The first-order valence-electron chi connectivity index (χ1n) is 15.6. The lowest BCUT2D eigenvalue weighted by atomic mass is 9.67. The molecule has 0 radical (unpaired) electrons. The van der Waals surface area contributed by atoms with E-state index in [1.807, 2.05) is 42.5 Å². The van der Waals surface area contributed by atoms with Crippen LogP contribution < -0.4 is 0 Å². The maximum absolute atomic E-state index is 10.1. The van der Waals surface area contributed by atoms with Crippen LogP contribution in [0.15, 0.2) is 130 Å². The lowest BCUT2D eigenvalue weighted by molar-refractivity contribution is 0.116. The van der Waals surface area contributed by atoms with Gasteiger partial charge in [0.05, 0.1) is 18.8 Å². The van der Waals surface area contributed by atoms with Gasteiger partial charge < -0.3 is 15.3 Å². The summed E-state index contributed by atoms with van der Waals surface area (Å²) in [5.41, 5.74) is 7.98. The second-order valence-electron chi connectivity index (χ2n) is 13.7. The smallest absolute Gasteiger partial charge is 0.0729 e. The Kier molecular flexibility index (Phi) is 14.1. The zero-order valence-electron chi connectivity index (χ0n) is 28.1. The molecule has 3 atom stereocenters. The summed E-state index contributed by atoms with van der Waals surface area (Å²) in [5.74, 6) is 0.337. The van der Waals surface area contributed by atoms with E-state index in [0.29, 0.717) is 12.3 Å². The molecule has 43 heavy (non-hydrogen) atoms. The molecule has 0 aromatic carbocycles.